The van der Waals surface area contributed by atoms with Crippen molar-refractivity contribution in [1.82, 2.24) is 4.98 Å². The maximum Gasteiger partial charge on any atom is 0.338 e. The van der Waals surface area contributed by atoms with Crippen molar-refractivity contribution >= 4 is 21.7 Å². The lowest BCUT2D eigenvalue weighted by Gasteiger charge is -2.12. The van der Waals surface area contributed by atoms with Gasteiger partial charge in [-0.1, -0.05) is 12.1 Å². The average Bonchev–Trinajstić information content (AvgIpc) is 2.37. The standard InChI is InChI=1S/C13H11FN2O4S/c1-8-3-2-4-11(12(8)13(17)18)16-21(19,20)10-5-9(14)6-15-7-10/h2-7,16H,1H3,(H,17,18). The number of pyridine rings is 1. The lowest BCUT2D eigenvalue weighted by Crippen LogP contribution is -2.16. The van der Waals surface area contributed by atoms with Crippen molar-refractivity contribution in [3.8, 4) is 0 Å². The smallest absolute Gasteiger partial charge is 0.338 e. The number of rotatable bonds is 4. The van der Waals surface area contributed by atoms with E-state index in [-0.39, 0.29) is 16.1 Å². The van der Waals surface area contributed by atoms with Gasteiger partial charge in [-0.25, -0.2) is 17.6 Å². The first-order valence-electron chi connectivity index (χ1n) is 5.77. The zero-order valence-electron chi connectivity index (χ0n) is 10.9. The van der Waals surface area contributed by atoms with Gasteiger partial charge in [0.25, 0.3) is 10.0 Å². The first-order valence-corrected chi connectivity index (χ1v) is 7.26. The molecule has 1 aromatic heterocycles. The number of halogens is 1. The van der Waals surface area contributed by atoms with Crippen molar-refractivity contribution in [3.63, 3.8) is 0 Å². The van der Waals surface area contributed by atoms with Gasteiger partial charge in [0.2, 0.25) is 0 Å². The minimum atomic E-state index is -4.12. The predicted octanol–water partition coefficient (Wildman–Crippen LogP) is 2.03. The number of benzene rings is 1. The van der Waals surface area contributed by atoms with Gasteiger partial charge in [-0.05, 0) is 24.6 Å². The number of nitrogens with one attached hydrogen (secondary N) is 1. The fourth-order valence-electron chi connectivity index (χ4n) is 1.78. The third-order valence-corrected chi connectivity index (χ3v) is 4.05. The Morgan fingerprint density at radius 2 is 2.05 bits per heavy atom. The fourth-order valence-corrected chi connectivity index (χ4v) is 2.82. The molecule has 0 fully saturated rings. The largest absolute Gasteiger partial charge is 0.478 e. The summed E-state index contributed by atoms with van der Waals surface area (Å²) >= 11 is 0. The Kier molecular flexibility index (Phi) is 3.90. The summed E-state index contributed by atoms with van der Waals surface area (Å²) in [4.78, 5) is 14.3. The second-order valence-corrected chi connectivity index (χ2v) is 5.93. The highest BCUT2D eigenvalue weighted by Gasteiger charge is 2.20. The average molecular weight is 310 g/mol. The maximum atomic E-state index is 13.1. The lowest BCUT2D eigenvalue weighted by molar-refractivity contribution is 0.0697. The molecule has 0 unspecified atom stereocenters. The third-order valence-electron chi connectivity index (χ3n) is 2.72. The molecule has 0 saturated heterocycles. The summed E-state index contributed by atoms with van der Waals surface area (Å²) in [6.07, 6.45) is 1.84. The van der Waals surface area contributed by atoms with Crippen LogP contribution < -0.4 is 4.72 Å². The summed E-state index contributed by atoms with van der Waals surface area (Å²) in [7, 11) is -4.12. The maximum absolute atomic E-state index is 13.1. The molecule has 0 bridgehead atoms. The van der Waals surface area contributed by atoms with Crippen LogP contribution in [0.4, 0.5) is 10.1 Å². The molecule has 0 radical (unpaired) electrons. The Morgan fingerprint density at radius 1 is 1.33 bits per heavy atom. The van der Waals surface area contributed by atoms with E-state index in [0.29, 0.717) is 5.56 Å². The zero-order chi connectivity index (χ0) is 15.6. The topological polar surface area (TPSA) is 96.4 Å². The Balaban J connectivity index is 2.47. The van der Waals surface area contributed by atoms with Crippen molar-refractivity contribution < 1.29 is 22.7 Å². The number of carboxylic acid groups (broad SMARTS) is 1. The van der Waals surface area contributed by atoms with E-state index in [2.05, 4.69) is 9.71 Å². The molecule has 0 saturated carbocycles. The molecule has 0 spiro atoms. The number of anilines is 1. The van der Waals surface area contributed by atoms with Crippen LogP contribution in [0.5, 0.6) is 0 Å². The Labute approximate surface area is 120 Å². The van der Waals surface area contributed by atoms with Gasteiger partial charge < -0.3 is 5.11 Å². The minimum absolute atomic E-state index is 0.0910. The van der Waals surface area contributed by atoms with Crippen molar-refractivity contribution in [1.29, 1.82) is 0 Å². The highest BCUT2D eigenvalue weighted by atomic mass is 32.2. The van der Waals surface area contributed by atoms with Gasteiger partial charge in [0.15, 0.2) is 0 Å². The molecule has 8 heteroatoms. The van der Waals surface area contributed by atoms with Crippen LogP contribution in [-0.4, -0.2) is 24.5 Å². The monoisotopic (exact) mass is 310 g/mol. The summed E-state index contributed by atoms with van der Waals surface area (Å²) in [6, 6.07) is 5.18. The molecule has 110 valence electrons. The van der Waals surface area contributed by atoms with Crippen molar-refractivity contribution in [2.24, 2.45) is 0 Å². The van der Waals surface area contributed by atoms with Gasteiger partial charge in [0.05, 0.1) is 17.4 Å². The van der Waals surface area contributed by atoms with E-state index >= 15 is 0 Å². The highest BCUT2D eigenvalue weighted by molar-refractivity contribution is 7.92. The molecule has 0 amide bonds. The number of sulfonamides is 1. The van der Waals surface area contributed by atoms with Crippen LogP contribution in [0.25, 0.3) is 0 Å². The van der Waals surface area contributed by atoms with Crippen LogP contribution in [0, 0.1) is 12.7 Å². The molecule has 0 aliphatic carbocycles. The van der Waals surface area contributed by atoms with Gasteiger partial charge >= 0.3 is 5.97 Å². The number of hydrogen-bond acceptors (Lipinski definition) is 4. The van der Waals surface area contributed by atoms with Crippen LogP contribution >= 0.6 is 0 Å². The summed E-state index contributed by atoms with van der Waals surface area (Å²) in [6.45, 7) is 1.55. The van der Waals surface area contributed by atoms with Gasteiger partial charge in [-0.3, -0.25) is 9.71 Å². The van der Waals surface area contributed by atoms with E-state index in [9.17, 15) is 17.6 Å². The molecule has 1 aromatic carbocycles. The first-order chi connectivity index (χ1) is 9.81. The third kappa shape index (κ3) is 3.16. The van der Waals surface area contributed by atoms with E-state index in [0.717, 1.165) is 18.5 Å². The number of hydrogen-bond donors (Lipinski definition) is 2. The summed E-state index contributed by atoms with van der Waals surface area (Å²) < 4.78 is 39.5. The van der Waals surface area contributed by atoms with E-state index in [1.807, 2.05) is 0 Å². The predicted molar refractivity (Wildman–Crippen MR) is 73.1 cm³/mol. The molecule has 2 aromatic rings. The number of aryl methyl sites for hydroxylation is 1. The molecule has 2 N–H and O–H groups in total. The van der Waals surface area contributed by atoms with Crippen molar-refractivity contribution in [3.05, 3.63) is 53.6 Å². The van der Waals surface area contributed by atoms with E-state index in [4.69, 9.17) is 5.11 Å². The minimum Gasteiger partial charge on any atom is -0.478 e. The van der Waals surface area contributed by atoms with Crippen LogP contribution in [-0.2, 0) is 10.0 Å². The quantitative estimate of drug-likeness (QED) is 0.900. The van der Waals surface area contributed by atoms with Gasteiger partial charge in [-0.2, -0.15) is 0 Å². The van der Waals surface area contributed by atoms with Crippen molar-refractivity contribution in [2.45, 2.75) is 11.8 Å². The summed E-state index contributed by atoms with van der Waals surface area (Å²) in [5, 5.41) is 9.15. The van der Waals surface area contributed by atoms with Crippen LogP contribution in [0.2, 0.25) is 0 Å². The summed E-state index contributed by atoms with van der Waals surface area (Å²) in [5.74, 6) is -2.07. The molecule has 0 atom stereocenters. The second kappa shape index (κ2) is 5.49. The Morgan fingerprint density at radius 3 is 2.67 bits per heavy atom. The van der Waals surface area contributed by atoms with Gasteiger partial charge in [-0.15, -0.1) is 0 Å². The number of carboxylic acids is 1. The lowest BCUT2D eigenvalue weighted by atomic mass is 10.1. The summed E-state index contributed by atoms with van der Waals surface area (Å²) in [5.41, 5.74) is 0.150. The fraction of sp³-hybridized carbons (Fsp3) is 0.0769. The number of aromatic carboxylic acids is 1. The van der Waals surface area contributed by atoms with Crippen molar-refractivity contribution in [2.75, 3.05) is 4.72 Å². The zero-order valence-corrected chi connectivity index (χ0v) is 11.7. The Hall–Kier alpha value is -2.48. The molecule has 6 nitrogen and oxygen atoms in total. The van der Waals surface area contributed by atoms with Gasteiger partial charge in [0, 0.05) is 6.20 Å². The van der Waals surface area contributed by atoms with Crippen LogP contribution in [0.15, 0.2) is 41.6 Å². The molecule has 2 rings (SSSR count). The molecule has 1 heterocycles. The highest BCUT2D eigenvalue weighted by Crippen LogP contribution is 2.23. The number of nitrogens with zero attached hydrogens (tertiary/aromatic N) is 1. The SMILES string of the molecule is Cc1cccc(NS(=O)(=O)c2cncc(F)c2)c1C(=O)O. The van der Waals surface area contributed by atoms with Crippen LogP contribution in [0.3, 0.4) is 0 Å². The number of carbonyl (C=O) groups is 1. The Bertz CT molecular complexity index is 806. The van der Waals surface area contributed by atoms with E-state index in [1.165, 1.54) is 12.1 Å². The molecule has 21 heavy (non-hydrogen) atoms. The molecular formula is C13H11FN2O4S. The molecular weight excluding hydrogens is 299 g/mol. The second-order valence-electron chi connectivity index (χ2n) is 4.25. The van der Waals surface area contributed by atoms with E-state index in [1.54, 1.807) is 13.0 Å². The van der Waals surface area contributed by atoms with Gasteiger partial charge in [0.1, 0.15) is 10.7 Å². The molecule has 0 aliphatic heterocycles. The normalized spacial score (nSPS) is 11.1. The first kappa shape index (κ1) is 14.9. The van der Waals surface area contributed by atoms with E-state index < -0.39 is 21.8 Å². The number of aromatic nitrogens is 1. The molecule has 0 aliphatic rings. The van der Waals surface area contributed by atoms with Crippen LogP contribution in [0.1, 0.15) is 15.9 Å².